The molecule has 0 unspecified atom stereocenters. The third-order valence-electron chi connectivity index (χ3n) is 3.99. The molecular weight excluding hydrogens is 384 g/mol. The number of imidazole rings is 1. The smallest absolute Gasteiger partial charge is 0.323 e. The van der Waals surface area contributed by atoms with Crippen LogP contribution in [-0.4, -0.2) is 36.6 Å². The Kier molecular flexibility index (Phi) is 5.43. The Labute approximate surface area is 160 Å². The van der Waals surface area contributed by atoms with Gasteiger partial charge in [0.25, 0.3) is 0 Å². The minimum atomic E-state index is -3.84. The van der Waals surface area contributed by atoms with Gasteiger partial charge in [-0.05, 0) is 37.3 Å². The van der Waals surface area contributed by atoms with Crippen LogP contribution in [0.25, 0.3) is 11.0 Å². The number of aromatic amines is 2. The quantitative estimate of drug-likeness (QED) is 0.442. The third-order valence-corrected chi connectivity index (χ3v) is 5.45. The van der Waals surface area contributed by atoms with Crippen molar-refractivity contribution >= 4 is 38.4 Å². The summed E-state index contributed by atoms with van der Waals surface area (Å²) >= 11 is 0. The van der Waals surface area contributed by atoms with Crippen LogP contribution in [-0.2, 0) is 14.8 Å². The van der Waals surface area contributed by atoms with Crippen molar-refractivity contribution in [2.75, 3.05) is 11.9 Å². The molecule has 2 aromatic carbocycles. The molecule has 0 aliphatic heterocycles. The van der Waals surface area contributed by atoms with Crippen molar-refractivity contribution in [2.24, 2.45) is 0 Å². The maximum atomic E-state index is 12.3. The van der Waals surface area contributed by atoms with Gasteiger partial charge in [-0.1, -0.05) is 12.1 Å². The first kappa shape index (κ1) is 19.5. The molecule has 4 N–H and O–H groups in total. The highest BCUT2D eigenvalue weighted by Gasteiger charge is 2.15. The summed E-state index contributed by atoms with van der Waals surface area (Å²) in [5, 5.41) is 2.64. The molecule has 10 heteroatoms. The molecule has 0 aliphatic rings. The van der Waals surface area contributed by atoms with Gasteiger partial charge in [-0.3, -0.25) is 9.59 Å². The van der Waals surface area contributed by atoms with Gasteiger partial charge in [-0.25, -0.2) is 17.9 Å². The molecule has 9 nitrogen and oxygen atoms in total. The number of aromatic nitrogens is 2. The molecule has 1 aromatic heterocycles. The Hall–Kier alpha value is -3.24. The Bertz CT molecular complexity index is 1210. The van der Waals surface area contributed by atoms with Crippen LogP contribution in [0.15, 0.2) is 52.2 Å². The molecule has 3 aromatic rings. The van der Waals surface area contributed by atoms with Crippen molar-refractivity contribution in [1.29, 1.82) is 0 Å². The number of fused-ring (bicyclic) bond motifs is 1. The second-order valence-corrected chi connectivity index (χ2v) is 7.89. The number of nitrogens with one attached hydrogen (secondary N) is 4. The highest BCUT2D eigenvalue weighted by molar-refractivity contribution is 7.89. The van der Waals surface area contributed by atoms with Gasteiger partial charge in [0.05, 0.1) is 15.9 Å². The minimum absolute atomic E-state index is 0.0394. The summed E-state index contributed by atoms with van der Waals surface area (Å²) in [6.07, 6.45) is -0.0900. The Morgan fingerprint density at radius 2 is 1.79 bits per heavy atom. The number of carbonyl (C=O) groups is 2. The summed E-state index contributed by atoms with van der Waals surface area (Å²) in [6.45, 7) is 1.24. The van der Waals surface area contributed by atoms with Crippen LogP contribution in [0.4, 0.5) is 5.69 Å². The molecule has 1 heterocycles. The van der Waals surface area contributed by atoms with Crippen LogP contribution >= 0.6 is 0 Å². The number of sulfonamides is 1. The Balaban J connectivity index is 1.58. The number of rotatable bonds is 7. The largest absolute Gasteiger partial charge is 0.326 e. The van der Waals surface area contributed by atoms with E-state index >= 15 is 0 Å². The zero-order valence-electron chi connectivity index (χ0n) is 14.9. The maximum absolute atomic E-state index is 12.3. The lowest BCUT2D eigenvalue weighted by Crippen LogP contribution is -2.28. The van der Waals surface area contributed by atoms with Crippen LogP contribution in [0.2, 0.25) is 0 Å². The van der Waals surface area contributed by atoms with E-state index in [1.165, 1.54) is 31.2 Å². The number of hydrogen-bond acceptors (Lipinski definition) is 5. The average Bonchev–Trinajstić information content (AvgIpc) is 3.01. The third kappa shape index (κ3) is 4.53. The van der Waals surface area contributed by atoms with Gasteiger partial charge in [0.2, 0.25) is 15.9 Å². The number of anilines is 1. The average molecular weight is 402 g/mol. The molecule has 146 valence electrons. The number of carbonyl (C=O) groups excluding carboxylic acids is 2. The zero-order valence-corrected chi connectivity index (χ0v) is 15.7. The van der Waals surface area contributed by atoms with E-state index in [0.29, 0.717) is 22.3 Å². The van der Waals surface area contributed by atoms with E-state index in [0.717, 1.165) is 0 Å². The predicted molar refractivity (Wildman–Crippen MR) is 104 cm³/mol. The lowest BCUT2D eigenvalue weighted by Gasteiger charge is -2.08. The molecule has 0 bridgehead atoms. The topological polar surface area (TPSA) is 141 Å². The number of ketones is 1. The molecular formula is C18H18N4O5S. The summed E-state index contributed by atoms with van der Waals surface area (Å²) in [7, 11) is -3.84. The van der Waals surface area contributed by atoms with Crippen LogP contribution in [0.1, 0.15) is 23.7 Å². The van der Waals surface area contributed by atoms with Crippen LogP contribution in [0, 0.1) is 0 Å². The van der Waals surface area contributed by atoms with Crippen molar-refractivity contribution in [1.82, 2.24) is 14.7 Å². The van der Waals surface area contributed by atoms with E-state index in [2.05, 4.69) is 20.0 Å². The lowest BCUT2D eigenvalue weighted by molar-refractivity contribution is -0.116. The first-order valence-electron chi connectivity index (χ1n) is 8.37. The first-order chi connectivity index (χ1) is 13.2. The Morgan fingerprint density at radius 3 is 2.54 bits per heavy atom. The Morgan fingerprint density at radius 1 is 1.04 bits per heavy atom. The number of amides is 1. The molecule has 0 saturated heterocycles. The minimum Gasteiger partial charge on any atom is -0.326 e. The molecule has 0 spiro atoms. The summed E-state index contributed by atoms with van der Waals surface area (Å²) in [5.41, 5.74) is 1.59. The maximum Gasteiger partial charge on any atom is 0.323 e. The second-order valence-electron chi connectivity index (χ2n) is 6.12. The van der Waals surface area contributed by atoms with E-state index in [4.69, 9.17) is 0 Å². The number of H-pyrrole nitrogens is 2. The van der Waals surface area contributed by atoms with E-state index in [1.54, 1.807) is 18.2 Å². The highest BCUT2D eigenvalue weighted by atomic mass is 32.2. The molecule has 0 aliphatic carbocycles. The number of Topliss-reactive ketones (excluding diaryl/α,β-unsaturated/α-hetero) is 1. The monoisotopic (exact) mass is 402 g/mol. The van der Waals surface area contributed by atoms with E-state index in [9.17, 15) is 22.8 Å². The van der Waals surface area contributed by atoms with Crippen molar-refractivity contribution < 1.29 is 18.0 Å². The van der Waals surface area contributed by atoms with E-state index in [-0.39, 0.29) is 29.3 Å². The van der Waals surface area contributed by atoms with Crippen LogP contribution in [0.5, 0.6) is 0 Å². The van der Waals surface area contributed by atoms with Crippen molar-refractivity contribution in [3.05, 3.63) is 58.5 Å². The molecule has 1 amide bonds. The zero-order chi connectivity index (χ0) is 20.3. The fourth-order valence-corrected chi connectivity index (χ4v) is 3.68. The van der Waals surface area contributed by atoms with E-state index < -0.39 is 15.9 Å². The fraction of sp³-hybridized carbons (Fsp3) is 0.167. The summed E-state index contributed by atoms with van der Waals surface area (Å²) in [6, 6.07) is 10.6. The predicted octanol–water partition coefficient (Wildman–Crippen LogP) is 1.37. The fourth-order valence-electron chi connectivity index (χ4n) is 2.60. The van der Waals surface area contributed by atoms with Crippen molar-refractivity contribution in [3.63, 3.8) is 0 Å². The highest BCUT2D eigenvalue weighted by Crippen LogP contribution is 2.15. The number of hydrogen-bond donors (Lipinski definition) is 4. The van der Waals surface area contributed by atoms with Gasteiger partial charge in [0.1, 0.15) is 0 Å². The summed E-state index contributed by atoms with van der Waals surface area (Å²) in [5.74, 6) is -0.630. The number of benzene rings is 2. The lowest BCUT2D eigenvalue weighted by atomic mass is 10.2. The molecule has 3 rings (SSSR count). The van der Waals surface area contributed by atoms with Crippen molar-refractivity contribution in [3.8, 4) is 0 Å². The SMILES string of the molecule is CC(=O)c1cccc(S(=O)(=O)NCCC(=O)Nc2ccc3[nH]c(=O)[nH]c3c2)c1. The van der Waals surface area contributed by atoms with Crippen LogP contribution < -0.4 is 15.7 Å². The van der Waals surface area contributed by atoms with Gasteiger partial charge >= 0.3 is 5.69 Å². The van der Waals surface area contributed by atoms with Gasteiger partial charge in [-0.2, -0.15) is 0 Å². The molecule has 0 saturated carbocycles. The van der Waals surface area contributed by atoms with Gasteiger partial charge in [-0.15, -0.1) is 0 Å². The molecule has 0 atom stereocenters. The molecule has 0 fully saturated rings. The summed E-state index contributed by atoms with van der Waals surface area (Å²) in [4.78, 5) is 39.8. The van der Waals surface area contributed by atoms with Gasteiger partial charge in [0, 0.05) is 24.2 Å². The first-order valence-corrected chi connectivity index (χ1v) is 9.85. The normalized spacial score (nSPS) is 11.5. The molecule has 28 heavy (non-hydrogen) atoms. The summed E-state index contributed by atoms with van der Waals surface area (Å²) < 4.78 is 26.9. The van der Waals surface area contributed by atoms with E-state index in [1.807, 2.05) is 0 Å². The molecule has 0 radical (unpaired) electrons. The van der Waals surface area contributed by atoms with Gasteiger partial charge < -0.3 is 15.3 Å². The van der Waals surface area contributed by atoms with Gasteiger partial charge in [0.15, 0.2) is 5.78 Å². The van der Waals surface area contributed by atoms with Crippen molar-refractivity contribution in [2.45, 2.75) is 18.2 Å². The van der Waals surface area contributed by atoms with Crippen LogP contribution in [0.3, 0.4) is 0 Å². The standard InChI is InChI=1S/C18H18N4O5S/c1-11(23)12-3-2-4-14(9-12)28(26,27)19-8-7-17(24)20-13-5-6-15-16(10-13)22-18(25)21-15/h2-6,9-10,19H,7-8H2,1H3,(H,20,24)(H2,21,22,25). The second kappa shape index (κ2) is 7.79.